The number of nitrogen functional groups attached to an aromatic ring is 1. The Balaban J connectivity index is 2.09. The normalized spacial score (nSPS) is 10.3. The minimum Gasteiger partial charge on any atom is -0.395 e. The predicted octanol–water partition coefficient (Wildman–Crippen LogP) is 2.51. The van der Waals surface area contributed by atoms with Crippen LogP contribution in [0, 0.1) is 5.82 Å². The molecule has 0 aliphatic carbocycles. The molecule has 0 aliphatic rings. The van der Waals surface area contributed by atoms with E-state index in [1.165, 1.54) is 6.07 Å². The van der Waals surface area contributed by atoms with Gasteiger partial charge in [0, 0.05) is 6.54 Å². The number of anilines is 2. The van der Waals surface area contributed by atoms with Crippen LogP contribution in [0.2, 0.25) is 0 Å². The fourth-order valence-corrected chi connectivity index (χ4v) is 1.73. The van der Waals surface area contributed by atoms with Crippen molar-refractivity contribution < 1.29 is 9.50 Å². The monoisotopic (exact) mass is 246 g/mol. The van der Waals surface area contributed by atoms with Crippen LogP contribution in [0.25, 0.3) is 0 Å². The lowest BCUT2D eigenvalue weighted by molar-refractivity contribution is 0.281. The van der Waals surface area contributed by atoms with Gasteiger partial charge in [0.1, 0.15) is 5.82 Å². The molecule has 0 unspecified atom stereocenters. The molecule has 0 saturated carbocycles. The minimum atomic E-state index is -0.427. The lowest BCUT2D eigenvalue weighted by atomic mass is 10.1. The van der Waals surface area contributed by atoms with Crippen LogP contribution in [0.5, 0.6) is 0 Å². The zero-order chi connectivity index (χ0) is 13.0. The van der Waals surface area contributed by atoms with Gasteiger partial charge < -0.3 is 16.2 Å². The van der Waals surface area contributed by atoms with Gasteiger partial charge in [-0.15, -0.1) is 0 Å². The minimum absolute atomic E-state index is 0.00987. The average Bonchev–Trinajstić information content (AvgIpc) is 2.41. The van der Waals surface area contributed by atoms with Gasteiger partial charge in [-0.25, -0.2) is 4.39 Å². The molecule has 0 fully saturated rings. The molecule has 0 bridgehead atoms. The summed E-state index contributed by atoms with van der Waals surface area (Å²) in [6.45, 7) is 0.539. The van der Waals surface area contributed by atoms with Gasteiger partial charge in [0.05, 0.1) is 18.0 Å². The van der Waals surface area contributed by atoms with Crippen molar-refractivity contribution in [2.75, 3.05) is 11.1 Å². The van der Waals surface area contributed by atoms with E-state index in [4.69, 9.17) is 10.8 Å². The summed E-state index contributed by atoms with van der Waals surface area (Å²) < 4.78 is 13.2. The quantitative estimate of drug-likeness (QED) is 0.726. The molecule has 4 N–H and O–H groups in total. The molecule has 2 aromatic rings. The summed E-state index contributed by atoms with van der Waals surface area (Å²) in [7, 11) is 0. The predicted molar refractivity (Wildman–Crippen MR) is 70.5 cm³/mol. The SMILES string of the molecule is Nc1c(F)cccc1NCc1cccc(CO)c1. The van der Waals surface area contributed by atoms with Crippen molar-refractivity contribution in [3.8, 4) is 0 Å². The van der Waals surface area contributed by atoms with Crippen molar-refractivity contribution in [1.82, 2.24) is 0 Å². The number of nitrogens with two attached hydrogens (primary N) is 1. The van der Waals surface area contributed by atoms with E-state index in [1.54, 1.807) is 12.1 Å². The maximum Gasteiger partial charge on any atom is 0.148 e. The summed E-state index contributed by atoms with van der Waals surface area (Å²) >= 11 is 0. The Hall–Kier alpha value is -2.07. The van der Waals surface area contributed by atoms with E-state index in [1.807, 2.05) is 24.3 Å². The van der Waals surface area contributed by atoms with Gasteiger partial charge in [-0.1, -0.05) is 30.3 Å². The Kier molecular flexibility index (Phi) is 3.79. The number of aliphatic hydroxyl groups excluding tert-OH is 1. The van der Waals surface area contributed by atoms with E-state index in [9.17, 15) is 4.39 Å². The molecule has 0 radical (unpaired) electrons. The van der Waals surface area contributed by atoms with Gasteiger partial charge in [0.15, 0.2) is 0 Å². The first-order chi connectivity index (χ1) is 8.70. The van der Waals surface area contributed by atoms with Gasteiger partial charge in [-0.2, -0.15) is 0 Å². The van der Waals surface area contributed by atoms with Gasteiger partial charge in [0.25, 0.3) is 0 Å². The van der Waals surface area contributed by atoms with E-state index >= 15 is 0 Å². The third kappa shape index (κ3) is 2.78. The molecule has 0 saturated heterocycles. The van der Waals surface area contributed by atoms with Crippen molar-refractivity contribution in [1.29, 1.82) is 0 Å². The number of hydrogen-bond donors (Lipinski definition) is 3. The average molecular weight is 246 g/mol. The molecule has 0 atom stereocenters. The summed E-state index contributed by atoms with van der Waals surface area (Å²) in [4.78, 5) is 0. The van der Waals surface area contributed by atoms with Gasteiger partial charge in [0.2, 0.25) is 0 Å². The summed E-state index contributed by atoms with van der Waals surface area (Å²) in [5, 5.41) is 12.1. The Morgan fingerprint density at radius 2 is 1.83 bits per heavy atom. The number of rotatable bonds is 4. The van der Waals surface area contributed by atoms with Crippen LogP contribution < -0.4 is 11.1 Å². The second-order valence-corrected chi connectivity index (χ2v) is 4.03. The van der Waals surface area contributed by atoms with Crippen molar-refractivity contribution in [2.45, 2.75) is 13.2 Å². The molecule has 4 heteroatoms. The Morgan fingerprint density at radius 1 is 1.11 bits per heavy atom. The van der Waals surface area contributed by atoms with E-state index in [0.717, 1.165) is 11.1 Å². The molecule has 18 heavy (non-hydrogen) atoms. The molecule has 0 aliphatic heterocycles. The highest BCUT2D eigenvalue weighted by atomic mass is 19.1. The smallest absolute Gasteiger partial charge is 0.148 e. The number of benzene rings is 2. The van der Waals surface area contributed by atoms with Crippen LogP contribution in [-0.2, 0) is 13.2 Å². The zero-order valence-electron chi connectivity index (χ0n) is 9.86. The van der Waals surface area contributed by atoms with Crippen LogP contribution in [0.4, 0.5) is 15.8 Å². The van der Waals surface area contributed by atoms with E-state index in [2.05, 4.69) is 5.32 Å². The van der Waals surface area contributed by atoms with E-state index < -0.39 is 5.82 Å². The van der Waals surface area contributed by atoms with Gasteiger partial charge in [-0.05, 0) is 23.3 Å². The highest BCUT2D eigenvalue weighted by Crippen LogP contribution is 2.21. The highest BCUT2D eigenvalue weighted by Gasteiger charge is 2.03. The van der Waals surface area contributed by atoms with Crippen LogP contribution in [0.3, 0.4) is 0 Å². The summed E-state index contributed by atoms with van der Waals surface area (Å²) in [6.07, 6.45) is 0. The van der Waals surface area contributed by atoms with Gasteiger partial charge in [-0.3, -0.25) is 0 Å². The first kappa shape index (κ1) is 12.4. The fraction of sp³-hybridized carbons (Fsp3) is 0.143. The molecule has 0 amide bonds. The first-order valence-electron chi connectivity index (χ1n) is 5.67. The van der Waals surface area contributed by atoms with Crippen LogP contribution in [0.15, 0.2) is 42.5 Å². The third-order valence-electron chi connectivity index (χ3n) is 2.71. The van der Waals surface area contributed by atoms with E-state index in [-0.39, 0.29) is 12.3 Å². The van der Waals surface area contributed by atoms with E-state index in [0.29, 0.717) is 12.2 Å². The maximum atomic E-state index is 13.2. The number of aliphatic hydroxyl groups is 1. The Morgan fingerprint density at radius 3 is 2.61 bits per heavy atom. The van der Waals surface area contributed by atoms with Gasteiger partial charge >= 0.3 is 0 Å². The topological polar surface area (TPSA) is 58.3 Å². The molecule has 94 valence electrons. The first-order valence-corrected chi connectivity index (χ1v) is 5.67. The molecule has 3 nitrogen and oxygen atoms in total. The van der Waals surface area contributed by atoms with Crippen molar-refractivity contribution in [3.05, 3.63) is 59.4 Å². The number of para-hydroxylation sites is 1. The molecular weight excluding hydrogens is 231 g/mol. The zero-order valence-corrected chi connectivity index (χ0v) is 9.86. The number of halogens is 1. The lowest BCUT2D eigenvalue weighted by Crippen LogP contribution is -2.04. The van der Waals surface area contributed by atoms with Crippen LogP contribution in [-0.4, -0.2) is 5.11 Å². The summed E-state index contributed by atoms with van der Waals surface area (Å²) in [5.74, 6) is -0.427. The number of hydrogen-bond acceptors (Lipinski definition) is 3. The van der Waals surface area contributed by atoms with Crippen LogP contribution in [0.1, 0.15) is 11.1 Å². The molecule has 0 heterocycles. The molecule has 0 aromatic heterocycles. The molecule has 2 rings (SSSR count). The standard InChI is InChI=1S/C14H15FN2O/c15-12-5-2-6-13(14(12)16)17-8-10-3-1-4-11(7-10)9-18/h1-7,17-18H,8-9,16H2. The maximum absolute atomic E-state index is 13.2. The second-order valence-electron chi connectivity index (χ2n) is 4.03. The second kappa shape index (κ2) is 5.51. The number of nitrogens with one attached hydrogen (secondary N) is 1. The third-order valence-corrected chi connectivity index (χ3v) is 2.71. The largest absolute Gasteiger partial charge is 0.395 e. The lowest BCUT2D eigenvalue weighted by Gasteiger charge is -2.10. The highest BCUT2D eigenvalue weighted by molar-refractivity contribution is 5.66. The molecular formula is C14H15FN2O. The Bertz CT molecular complexity index is 543. The Labute approximate surface area is 105 Å². The van der Waals surface area contributed by atoms with Crippen molar-refractivity contribution >= 4 is 11.4 Å². The summed E-state index contributed by atoms with van der Waals surface area (Å²) in [5.41, 5.74) is 8.17. The van der Waals surface area contributed by atoms with Crippen molar-refractivity contribution in [2.24, 2.45) is 0 Å². The van der Waals surface area contributed by atoms with Crippen LogP contribution >= 0.6 is 0 Å². The van der Waals surface area contributed by atoms with Crippen molar-refractivity contribution in [3.63, 3.8) is 0 Å². The summed E-state index contributed by atoms with van der Waals surface area (Å²) in [6, 6.07) is 12.2. The molecule has 2 aromatic carbocycles. The fourth-order valence-electron chi connectivity index (χ4n) is 1.73. The molecule has 0 spiro atoms.